The topological polar surface area (TPSA) is 80.2 Å². The molecule has 0 unspecified atom stereocenters. The van der Waals surface area contributed by atoms with E-state index in [-0.39, 0.29) is 17.9 Å². The van der Waals surface area contributed by atoms with Gasteiger partial charge >= 0.3 is 0 Å². The number of phenolic OH excluding ortho intramolecular Hbond substituents is 1. The summed E-state index contributed by atoms with van der Waals surface area (Å²) in [5, 5.41) is 14.7. The Balaban J connectivity index is 1.72. The van der Waals surface area contributed by atoms with E-state index in [2.05, 4.69) is 26.5 Å². The van der Waals surface area contributed by atoms with Gasteiger partial charge in [0, 0.05) is 15.6 Å². The fourth-order valence-electron chi connectivity index (χ4n) is 2.63. The first-order valence-electron chi connectivity index (χ1n) is 8.94. The number of para-hydroxylation sites is 1. The standard InChI is InChI=1S/C22H17BrCl2N2O4/c1-30-20-9-13(11-26-27-22(29)16-4-2-3-5-19(16)28)8-17(23)21(20)31-12-14-6-7-15(24)10-18(14)25/h2-11,28H,12H2,1H3,(H,27,29)/b26-11+. The molecule has 0 fully saturated rings. The maximum absolute atomic E-state index is 12.1. The highest BCUT2D eigenvalue weighted by atomic mass is 79.9. The van der Waals surface area contributed by atoms with Crippen molar-refractivity contribution in [2.45, 2.75) is 6.61 Å². The van der Waals surface area contributed by atoms with Crippen molar-refractivity contribution >= 4 is 51.3 Å². The van der Waals surface area contributed by atoms with E-state index in [4.69, 9.17) is 32.7 Å². The summed E-state index contributed by atoms with van der Waals surface area (Å²) in [5.41, 5.74) is 3.93. The Morgan fingerprint density at radius 2 is 1.97 bits per heavy atom. The molecule has 31 heavy (non-hydrogen) atoms. The van der Waals surface area contributed by atoms with Crippen LogP contribution in [0, 0.1) is 0 Å². The van der Waals surface area contributed by atoms with Crippen LogP contribution in [0.1, 0.15) is 21.5 Å². The van der Waals surface area contributed by atoms with Crippen molar-refractivity contribution in [2.75, 3.05) is 7.11 Å². The van der Waals surface area contributed by atoms with E-state index in [1.807, 2.05) is 0 Å². The number of hydrazone groups is 1. The molecule has 0 aliphatic rings. The van der Waals surface area contributed by atoms with E-state index in [0.717, 1.165) is 5.56 Å². The number of rotatable bonds is 7. The summed E-state index contributed by atoms with van der Waals surface area (Å²) >= 11 is 15.6. The molecular formula is C22H17BrCl2N2O4. The van der Waals surface area contributed by atoms with Gasteiger partial charge in [-0.3, -0.25) is 4.79 Å². The Hall–Kier alpha value is -2.74. The Labute approximate surface area is 197 Å². The molecular weight excluding hydrogens is 507 g/mol. The first-order chi connectivity index (χ1) is 14.9. The predicted molar refractivity (Wildman–Crippen MR) is 125 cm³/mol. The first-order valence-corrected chi connectivity index (χ1v) is 10.5. The zero-order valence-corrected chi connectivity index (χ0v) is 19.3. The molecule has 0 aliphatic carbocycles. The summed E-state index contributed by atoms with van der Waals surface area (Å²) < 4.78 is 11.9. The molecule has 3 rings (SSSR count). The van der Waals surface area contributed by atoms with Gasteiger partial charge in [0.1, 0.15) is 12.4 Å². The van der Waals surface area contributed by atoms with Gasteiger partial charge in [0.2, 0.25) is 0 Å². The Morgan fingerprint density at radius 1 is 1.19 bits per heavy atom. The summed E-state index contributed by atoms with van der Waals surface area (Å²) in [6.45, 7) is 0.217. The van der Waals surface area contributed by atoms with Crippen LogP contribution >= 0.6 is 39.1 Å². The van der Waals surface area contributed by atoms with Crippen LogP contribution in [0.3, 0.4) is 0 Å². The molecule has 3 aromatic rings. The fraction of sp³-hybridized carbons (Fsp3) is 0.0909. The number of carbonyl (C=O) groups is 1. The number of nitrogens with zero attached hydrogens (tertiary/aromatic N) is 1. The molecule has 0 saturated carbocycles. The predicted octanol–water partition coefficient (Wildman–Crippen LogP) is 5.81. The molecule has 0 saturated heterocycles. The number of aromatic hydroxyl groups is 1. The van der Waals surface area contributed by atoms with Crippen molar-refractivity contribution in [1.82, 2.24) is 5.43 Å². The van der Waals surface area contributed by atoms with Crippen LogP contribution in [0.25, 0.3) is 0 Å². The summed E-state index contributed by atoms with van der Waals surface area (Å²) in [5.74, 6) is 0.305. The van der Waals surface area contributed by atoms with E-state index in [1.54, 1.807) is 42.5 Å². The van der Waals surface area contributed by atoms with E-state index >= 15 is 0 Å². The highest BCUT2D eigenvalue weighted by Gasteiger charge is 2.13. The summed E-state index contributed by atoms with van der Waals surface area (Å²) in [4.78, 5) is 12.1. The zero-order valence-electron chi connectivity index (χ0n) is 16.2. The van der Waals surface area contributed by atoms with Crippen LogP contribution in [0.2, 0.25) is 10.0 Å². The van der Waals surface area contributed by atoms with Gasteiger partial charge < -0.3 is 14.6 Å². The average Bonchev–Trinajstić information content (AvgIpc) is 2.74. The molecule has 0 atom stereocenters. The Kier molecular flexibility index (Phi) is 7.79. The number of methoxy groups -OCH3 is 1. The minimum atomic E-state index is -0.528. The number of hydrogen-bond donors (Lipinski definition) is 2. The monoisotopic (exact) mass is 522 g/mol. The first kappa shape index (κ1) is 22.9. The highest BCUT2D eigenvalue weighted by molar-refractivity contribution is 9.10. The van der Waals surface area contributed by atoms with Crippen molar-refractivity contribution in [3.05, 3.63) is 85.8 Å². The number of nitrogens with one attached hydrogen (secondary N) is 1. The summed E-state index contributed by atoms with van der Waals surface area (Å²) in [6, 6.07) is 14.9. The van der Waals surface area contributed by atoms with Gasteiger partial charge in [-0.2, -0.15) is 5.10 Å². The number of halogens is 3. The second-order valence-corrected chi connectivity index (χ2v) is 7.97. The zero-order chi connectivity index (χ0) is 22.4. The van der Waals surface area contributed by atoms with Crippen LogP contribution in [0.5, 0.6) is 17.2 Å². The molecule has 0 bridgehead atoms. The molecule has 0 aromatic heterocycles. The van der Waals surface area contributed by atoms with E-state index in [1.165, 1.54) is 25.5 Å². The van der Waals surface area contributed by atoms with Crippen LogP contribution in [-0.4, -0.2) is 24.3 Å². The van der Waals surface area contributed by atoms with E-state index in [9.17, 15) is 9.90 Å². The second kappa shape index (κ2) is 10.5. The van der Waals surface area contributed by atoms with Crippen molar-refractivity contribution in [2.24, 2.45) is 5.10 Å². The minimum absolute atomic E-state index is 0.123. The fourth-order valence-corrected chi connectivity index (χ4v) is 3.67. The van der Waals surface area contributed by atoms with Gasteiger partial charge in [-0.15, -0.1) is 0 Å². The van der Waals surface area contributed by atoms with Crippen LogP contribution in [0.4, 0.5) is 0 Å². The summed E-state index contributed by atoms with van der Waals surface area (Å²) in [7, 11) is 1.52. The quantitative estimate of drug-likeness (QED) is 0.302. The van der Waals surface area contributed by atoms with E-state index < -0.39 is 5.91 Å². The SMILES string of the molecule is COc1cc(/C=N/NC(=O)c2ccccc2O)cc(Br)c1OCc1ccc(Cl)cc1Cl. The third kappa shape index (κ3) is 5.91. The number of benzene rings is 3. The number of carbonyl (C=O) groups excluding carboxylic acids is 1. The molecule has 3 aromatic carbocycles. The van der Waals surface area contributed by atoms with Crippen LogP contribution < -0.4 is 14.9 Å². The maximum atomic E-state index is 12.1. The lowest BCUT2D eigenvalue weighted by Gasteiger charge is -2.14. The third-order valence-corrected chi connectivity index (χ3v) is 5.34. The molecule has 9 heteroatoms. The Morgan fingerprint density at radius 3 is 2.68 bits per heavy atom. The van der Waals surface area contributed by atoms with Crippen molar-refractivity contribution in [3.63, 3.8) is 0 Å². The molecule has 2 N–H and O–H groups in total. The highest BCUT2D eigenvalue weighted by Crippen LogP contribution is 2.37. The largest absolute Gasteiger partial charge is 0.507 e. The second-order valence-electron chi connectivity index (χ2n) is 6.27. The number of hydrogen-bond acceptors (Lipinski definition) is 5. The van der Waals surface area contributed by atoms with Crippen molar-refractivity contribution < 1.29 is 19.4 Å². The lowest BCUT2D eigenvalue weighted by Crippen LogP contribution is -2.17. The summed E-state index contributed by atoms with van der Waals surface area (Å²) in [6.07, 6.45) is 1.45. The van der Waals surface area contributed by atoms with Crippen molar-refractivity contribution in [3.8, 4) is 17.2 Å². The molecule has 0 aliphatic heterocycles. The van der Waals surface area contributed by atoms with Crippen LogP contribution in [-0.2, 0) is 6.61 Å². The molecule has 0 heterocycles. The number of phenols is 1. The van der Waals surface area contributed by atoms with E-state index in [0.29, 0.717) is 31.6 Å². The van der Waals surface area contributed by atoms with Gasteiger partial charge in [0.15, 0.2) is 11.5 Å². The third-order valence-electron chi connectivity index (χ3n) is 4.17. The lowest BCUT2D eigenvalue weighted by atomic mass is 10.2. The average molecular weight is 524 g/mol. The number of amides is 1. The molecule has 1 amide bonds. The van der Waals surface area contributed by atoms with Gasteiger partial charge in [0.25, 0.3) is 5.91 Å². The maximum Gasteiger partial charge on any atom is 0.275 e. The minimum Gasteiger partial charge on any atom is -0.507 e. The molecule has 0 spiro atoms. The molecule has 160 valence electrons. The molecule has 0 radical (unpaired) electrons. The van der Waals surface area contributed by atoms with Gasteiger partial charge in [-0.25, -0.2) is 5.43 Å². The van der Waals surface area contributed by atoms with Crippen LogP contribution in [0.15, 0.2) is 64.2 Å². The molecule has 6 nitrogen and oxygen atoms in total. The Bertz CT molecular complexity index is 1140. The smallest absolute Gasteiger partial charge is 0.275 e. The normalized spacial score (nSPS) is 10.8. The van der Waals surface area contributed by atoms with Crippen molar-refractivity contribution in [1.29, 1.82) is 0 Å². The number of ether oxygens (including phenoxy) is 2. The van der Waals surface area contributed by atoms with Gasteiger partial charge in [-0.05, 0) is 57.9 Å². The van der Waals surface area contributed by atoms with Gasteiger partial charge in [-0.1, -0.05) is 41.4 Å². The van der Waals surface area contributed by atoms with Gasteiger partial charge in [0.05, 0.1) is 23.4 Å². The lowest BCUT2D eigenvalue weighted by molar-refractivity contribution is 0.0952.